The number of carbonyl (C=O) groups is 2. The summed E-state index contributed by atoms with van der Waals surface area (Å²) in [6.45, 7) is 3.98. The molecule has 1 fully saturated rings. The first-order valence-electron chi connectivity index (χ1n) is 9.83. The summed E-state index contributed by atoms with van der Waals surface area (Å²) in [6.07, 6.45) is 6.50. The van der Waals surface area contributed by atoms with Crippen molar-refractivity contribution in [3.63, 3.8) is 0 Å². The van der Waals surface area contributed by atoms with Crippen LogP contribution < -0.4 is 10.6 Å². The van der Waals surface area contributed by atoms with Gasteiger partial charge in [0.25, 0.3) is 5.91 Å². The van der Waals surface area contributed by atoms with Crippen LogP contribution in [0.1, 0.15) is 59.7 Å². The molecule has 0 saturated heterocycles. The van der Waals surface area contributed by atoms with Crippen molar-refractivity contribution in [3.8, 4) is 0 Å². The summed E-state index contributed by atoms with van der Waals surface area (Å²) in [5, 5.41) is 10.4. The molecule has 2 N–H and O–H groups in total. The Kier molecular flexibility index (Phi) is 5.57. The summed E-state index contributed by atoms with van der Waals surface area (Å²) in [4.78, 5) is 34.8. The zero-order valence-corrected chi connectivity index (χ0v) is 17.3. The largest absolute Gasteiger partial charge is 0.348 e. The maximum Gasteiger partial charge on any atom is 0.272 e. The Morgan fingerprint density at radius 1 is 1.24 bits per heavy atom. The molecule has 1 aliphatic rings. The van der Waals surface area contributed by atoms with Crippen molar-refractivity contribution in [1.29, 1.82) is 0 Å². The molecule has 1 atom stereocenters. The Bertz CT molecular complexity index is 988. The number of thiazole rings is 1. The molecular weight excluding hydrogens is 388 g/mol. The molecule has 4 rings (SSSR count). The van der Waals surface area contributed by atoms with Gasteiger partial charge in [0.15, 0.2) is 11.3 Å². The minimum atomic E-state index is -0.198. The number of hydrogen-bond donors (Lipinski definition) is 2. The lowest BCUT2D eigenvalue weighted by Gasteiger charge is -2.29. The number of nitrogens with one attached hydrogen (secondary N) is 2. The average Bonchev–Trinajstić information content (AvgIpc) is 3.34. The molecule has 9 heteroatoms. The van der Waals surface area contributed by atoms with Gasteiger partial charge < -0.3 is 10.6 Å². The van der Waals surface area contributed by atoms with E-state index in [1.165, 1.54) is 0 Å². The van der Waals surface area contributed by atoms with Gasteiger partial charge in [0, 0.05) is 35.3 Å². The fourth-order valence-electron chi connectivity index (χ4n) is 3.83. The second-order valence-electron chi connectivity index (χ2n) is 7.50. The molecule has 1 saturated carbocycles. The van der Waals surface area contributed by atoms with Gasteiger partial charge in [-0.05, 0) is 45.6 Å². The summed E-state index contributed by atoms with van der Waals surface area (Å²) in [7, 11) is 0. The molecule has 0 bridgehead atoms. The highest BCUT2D eigenvalue weighted by atomic mass is 32.1. The van der Waals surface area contributed by atoms with E-state index >= 15 is 0 Å². The van der Waals surface area contributed by atoms with Gasteiger partial charge in [-0.1, -0.05) is 0 Å². The van der Waals surface area contributed by atoms with E-state index in [9.17, 15) is 9.59 Å². The number of aryl methyl sites for hydroxylation is 1. The van der Waals surface area contributed by atoms with Crippen molar-refractivity contribution in [1.82, 2.24) is 30.2 Å². The van der Waals surface area contributed by atoms with Crippen LogP contribution in [0.15, 0.2) is 30.0 Å². The Labute approximate surface area is 172 Å². The molecule has 3 heterocycles. The van der Waals surface area contributed by atoms with Gasteiger partial charge in [-0.3, -0.25) is 9.59 Å². The normalized spacial score (nSPS) is 20.3. The smallest absolute Gasteiger partial charge is 0.272 e. The van der Waals surface area contributed by atoms with Gasteiger partial charge in [-0.25, -0.2) is 14.5 Å². The predicted octanol–water partition coefficient (Wildman–Crippen LogP) is 2.66. The van der Waals surface area contributed by atoms with E-state index in [2.05, 4.69) is 25.7 Å². The molecule has 3 aromatic rings. The highest BCUT2D eigenvalue weighted by Crippen LogP contribution is 2.26. The van der Waals surface area contributed by atoms with E-state index in [1.54, 1.807) is 45.9 Å². The van der Waals surface area contributed by atoms with E-state index in [0.717, 1.165) is 36.3 Å². The van der Waals surface area contributed by atoms with Gasteiger partial charge in [0.2, 0.25) is 5.91 Å². The van der Waals surface area contributed by atoms with Crippen LogP contribution in [0.5, 0.6) is 0 Å². The Morgan fingerprint density at radius 2 is 2.03 bits per heavy atom. The molecule has 3 aromatic heterocycles. The number of carbonyl (C=O) groups excluding carboxylic acids is 2. The molecule has 2 amide bonds. The van der Waals surface area contributed by atoms with Crippen LogP contribution in [0.3, 0.4) is 0 Å². The monoisotopic (exact) mass is 412 g/mol. The van der Waals surface area contributed by atoms with Crippen LogP contribution in [0.2, 0.25) is 0 Å². The van der Waals surface area contributed by atoms with Gasteiger partial charge in [0.1, 0.15) is 0 Å². The molecular formula is C20H24N6O2S. The lowest BCUT2D eigenvalue weighted by atomic mass is 9.85. The SMILES string of the molecule is Cc1scnc1C(C)NC(=O)C1CCC(NC(=O)c2cc3ncccn3n2)CC1. The fourth-order valence-corrected chi connectivity index (χ4v) is 4.50. The lowest BCUT2D eigenvalue weighted by molar-refractivity contribution is -0.126. The molecule has 0 spiro atoms. The minimum Gasteiger partial charge on any atom is -0.348 e. The second kappa shape index (κ2) is 8.28. The molecule has 0 aliphatic heterocycles. The molecule has 0 aromatic carbocycles. The molecule has 152 valence electrons. The van der Waals surface area contributed by atoms with Crippen molar-refractivity contribution >= 4 is 28.8 Å². The summed E-state index contributed by atoms with van der Waals surface area (Å²) >= 11 is 1.59. The number of nitrogens with zero attached hydrogens (tertiary/aromatic N) is 4. The zero-order chi connectivity index (χ0) is 20.4. The van der Waals surface area contributed by atoms with Crippen LogP contribution in [0.4, 0.5) is 0 Å². The van der Waals surface area contributed by atoms with E-state index in [4.69, 9.17) is 0 Å². The molecule has 1 unspecified atom stereocenters. The van der Waals surface area contributed by atoms with Crippen LogP contribution in [-0.4, -0.2) is 37.4 Å². The van der Waals surface area contributed by atoms with E-state index in [0.29, 0.717) is 11.3 Å². The average molecular weight is 413 g/mol. The Morgan fingerprint density at radius 3 is 2.72 bits per heavy atom. The van der Waals surface area contributed by atoms with Crippen molar-refractivity contribution < 1.29 is 9.59 Å². The highest BCUT2D eigenvalue weighted by Gasteiger charge is 2.29. The third-order valence-electron chi connectivity index (χ3n) is 5.45. The third kappa shape index (κ3) is 4.29. The van der Waals surface area contributed by atoms with Gasteiger partial charge >= 0.3 is 0 Å². The van der Waals surface area contributed by atoms with E-state index < -0.39 is 0 Å². The molecule has 8 nitrogen and oxygen atoms in total. The van der Waals surface area contributed by atoms with Crippen molar-refractivity contribution in [2.75, 3.05) is 0 Å². The first kappa shape index (κ1) is 19.5. The van der Waals surface area contributed by atoms with E-state index in [1.807, 2.05) is 13.8 Å². The van der Waals surface area contributed by atoms with Crippen LogP contribution in [0.25, 0.3) is 5.65 Å². The number of rotatable bonds is 5. The Balaban J connectivity index is 1.28. The first-order chi connectivity index (χ1) is 14.0. The lowest BCUT2D eigenvalue weighted by Crippen LogP contribution is -2.41. The summed E-state index contributed by atoms with van der Waals surface area (Å²) in [5.41, 5.74) is 3.74. The van der Waals surface area contributed by atoms with Crippen molar-refractivity contribution in [2.45, 2.75) is 51.6 Å². The topological polar surface area (TPSA) is 101 Å². The van der Waals surface area contributed by atoms with E-state index in [-0.39, 0.29) is 29.8 Å². The maximum absolute atomic E-state index is 12.6. The van der Waals surface area contributed by atoms with Crippen LogP contribution >= 0.6 is 11.3 Å². The second-order valence-corrected chi connectivity index (χ2v) is 8.56. The Hall–Kier alpha value is -2.81. The molecule has 0 radical (unpaired) electrons. The number of fused-ring (bicyclic) bond motifs is 1. The summed E-state index contributed by atoms with van der Waals surface area (Å²) in [6, 6.07) is 3.42. The molecule has 1 aliphatic carbocycles. The van der Waals surface area contributed by atoms with Crippen LogP contribution in [0, 0.1) is 12.8 Å². The highest BCUT2D eigenvalue weighted by molar-refractivity contribution is 7.09. The van der Waals surface area contributed by atoms with Gasteiger partial charge in [-0.15, -0.1) is 11.3 Å². The fraction of sp³-hybridized carbons (Fsp3) is 0.450. The number of hydrogen-bond acceptors (Lipinski definition) is 6. The van der Waals surface area contributed by atoms with Gasteiger partial charge in [0.05, 0.1) is 17.2 Å². The zero-order valence-electron chi connectivity index (χ0n) is 16.5. The summed E-state index contributed by atoms with van der Waals surface area (Å²) in [5.74, 6) is -0.152. The molecule has 29 heavy (non-hydrogen) atoms. The standard InChI is InChI=1S/C20H24N6O2S/c1-12(18-13(2)29-11-22-18)23-19(27)14-4-6-15(7-5-14)24-20(28)16-10-17-21-8-3-9-26(17)25-16/h3,8-12,14-15H,4-7H2,1-2H3,(H,23,27)(H,24,28). The number of amides is 2. The summed E-state index contributed by atoms with van der Waals surface area (Å²) < 4.78 is 1.58. The first-order valence-corrected chi connectivity index (χ1v) is 10.7. The third-order valence-corrected chi connectivity index (χ3v) is 6.23. The van der Waals surface area contributed by atoms with Crippen LogP contribution in [-0.2, 0) is 4.79 Å². The van der Waals surface area contributed by atoms with Crippen molar-refractivity contribution in [2.24, 2.45) is 5.92 Å². The predicted molar refractivity (Wildman–Crippen MR) is 110 cm³/mol. The maximum atomic E-state index is 12.6. The number of aromatic nitrogens is 4. The van der Waals surface area contributed by atoms with Crippen molar-refractivity contribution in [3.05, 3.63) is 46.3 Å². The minimum absolute atomic E-state index is 0.0241. The van der Waals surface area contributed by atoms with Gasteiger partial charge in [-0.2, -0.15) is 5.10 Å². The quantitative estimate of drug-likeness (QED) is 0.671.